The Morgan fingerprint density at radius 1 is 1.69 bits per heavy atom. The van der Waals surface area contributed by atoms with Crippen LogP contribution in [0.3, 0.4) is 0 Å². The van der Waals surface area contributed by atoms with Gasteiger partial charge in [0.2, 0.25) is 0 Å². The Morgan fingerprint density at radius 3 is 2.62 bits per heavy atom. The second-order valence-electron chi connectivity index (χ2n) is 3.41. The molecule has 16 heavy (non-hydrogen) atoms. The van der Waals surface area contributed by atoms with Crippen molar-refractivity contribution in [3.8, 4) is 0 Å². The minimum absolute atomic E-state index is 0.230. The van der Waals surface area contributed by atoms with Crippen molar-refractivity contribution in [2.45, 2.75) is 11.1 Å². The lowest BCUT2D eigenvalue weighted by Crippen LogP contribution is -2.27. The van der Waals surface area contributed by atoms with Crippen molar-refractivity contribution in [2.75, 3.05) is 13.6 Å². The first-order valence-electron chi connectivity index (χ1n) is 4.30. The Kier molecular flexibility index (Phi) is 4.59. The van der Waals surface area contributed by atoms with Gasteiger partial charge >= 0.3 is 0 Å². The fourth-order valence-corrected chi connectivity index (χ4v) is 4.91. The summed E-state index contributed by atoms with van der Waals surface area (Å²) in [6.07, 6.45) is 0. The molecule has 1 rings (SSSR count). The summed E-state index contributed by atoms with van der Waals surface area (Å²) in [4.78, 5) is 0. The third kappa shape index (κ3) is 3.07. The van der Waals surface area contributed by atoms with Crippen LogP contribution in [0.5, 0.6) is 0 Å². The highest BCUT2D eigenvalue weighted by atomic mass is 79.9. The third-order valence-corrected chi connectivity index (χ3v) is 6.51. The molecule has 0 unspecified atom stereocenters. The molecule has 3 nitrogen and oxygen atoms in total. The van der Waals surface area contributed by atoms with Crippen LogP contribution < -0.4 is 0 Å². The van der Waals surface area contributed by atoms with Gasteiger partial charge in [0.15, 0.2) is 0 Å². The summed E-state index contributed by atoms with van der Waals surface area (Å²) in [5.41, 5.74) is 0.785. The average molecular weight is 345 g/mol. The van der Waals surface area contributed by atoms with Crippen LogP contribution in [0.1, 0.15) is 6.92 Å². The van der Waals surface area contributed by atoms with Crippen molar-refractivity contribution in [3.63, 3.8) is 0 Å². The van der Waals surface area contributed by atoms with Gasteiger partial charge in [0.1, 0.15) is 4.21 Å². The molecule has 1 heterocycles. The van der Waals surface area contributed by atoms with Crippen molar-refractivity contribution < 1.29 is 8.42 Å². The Balaban J connectivity index is 3.06. The zero-order chi connectivity index (χ0) is 12.5. The SMILES string of the molecule is C=C(C)CN(C)S(=O)(=O)c1cc(Cl)c(Br)s1. The van der Waals surface area contributed by atoms with Gasteiger partial charge in [0.25, 0.3) is 10.0 Å². The Bertz CT molecular complexity index is 490. The number of likely N-dealkylation sites (N-methyl/N-ethyl adjacent to an activating group) is 1. The number of sulfonamides is 1. The van der Waals surface area contributed by atoms with Crippen LogP contribution in [0.2, 0.25) is 5.02 Å². The maximum absolute atomic E-state index is 12.0. The maximum atomic E-state index is 12.0. The smallest absolute Gasteiger partial charge is 0.206 e. The highest BCUT2D eigenvalue weighted by Gasteiger charge is 2.23. The van der Waals surface area contributed by atoms with Crippen molar-refractivity contribution >= 4 is 48.9 Å². The molecule has 0 saturated carbocycles. The van der Waals surface area contributed by atoms with E-state index in [1.54, 1.807) is 6.92 Å². The predicted molar refractivity (Wildman–Crippen MR) is 71.7 cm³/mol. The molecule has 90 valence electrons. The minimum atomic E-state index is -3.46. The van der Waals surface area contributed by atoms with E-state index in [1.807, 2.05) is 0 Å². The highest BCUT2D eigenvalue weighted by Crippen LogP contribution is 2.35. The second-order valence-corrected chi connectivity index (χ2v) is 8.45. The zero-order valence-electron chi connectivity index (χ0n) is 8.83. The van der Waals surface area contributed by atoms with Gasteiger partial charge in [-0.15, -0.1) is 11.3 Å². The Hall–Kier alpha value is 0.120. The molecule has 0 saturated heterocycles. The van der Waals surface area contributed by atoms with Gasteiger partial charge < -0.3 is 0 Å². The normalized spacial score (nSPS) is 12.1. The van der Waals surface area contributed by atoms with E-state index in [9.17, 15) is 8.42 Å². The van der Waals surface area contributed by atoms with Crippen LogP contribution >= 0.6 is 38.9 Å². The van der Waals surface area contributed by atoms with Gasteiger partial charge in [-0.05, 0) is 28.9 Å². The summed E-state index contributed by atoms with van der Waals surface area (Å²) in [5.74, 6) is 0. The van der Waals surface area contributed by atoms with Gasteiger partial charge in [-0.25, -0.2) is 8.42 Å². The fourth-order valence-electron chi connectivity index (χ4n) is 1.07. The molecule has 1 aromatic rings. The standard InChI is InChI=1S/C9H11BrClNO2S2/c1-6(2)5-12(3)16(13,14)8-4-7(11)9(10)15-8/h4H,1,5H2,2-3H3. The van der Waals surface area contributed by atoms with Crippen LogP contribution in [0.25, 0.3) is 0 Å². The molecule has 0 fully saturated rings. The number of hydrogen-bond donors (Lipinski definition) is 0. The van der Waals surface area contributed by atoms with E-state index < -0.39 is 10.0 Å². The van der Waals surface area contributed by atoms with Crippen molar-refractivity contribution in [3.05, 3.63) is 27.0 Å². The number of halogens is 2. The summed E-state index contributed by atoms with van der Waals surface area (Å²) >= 11 is 10.1. The lowest BCUT2D eigenvalue weighted by atomic mass is 10.4. The van der Waals surface area contributed by atoms with E-state index in [1.165, 1.54) is 17.4 Å². The zero-order valence-corrected chi connectivity index (χ0v) is 12.8. The van der Waals surface area contributed by atoms with Crippen molar-refractivity contribution in [1.82, 2.24) is 4.31 Å². The molecule has 1 aromatic heterocycles. The van der Waals surface area contributed by atoms with Crippen LogP contribution in [0.4, 0.5) is 0 Å². The van der Waals surface area contributed by atoms with E-state index in [4.69, 9.17) is 11.6 Å². The summed E-state index contributed by atoms with van der Waals surface area (Å²) in [7, 11) is -1.94. The Morgan fingerprint density at radius 2 is 2.25 bits per heavy atom. The first-order valence-corrected chi connectivity index (χ1v) is 7.73. The number of thiophene rings is 1. The number of rotatable bonds is 4. The quantitative estimate of drug-likeness (QED) is 0.785. The molecule has 0 amide bonds. The summed E-state index contributed by atoms with van der Waals surface area (Å²) in [6.45, 7) is 5.77. The van der Waals surface area contributed by atoms with Crippen LogP contribution in [0.15, 0.2) is 26.2 Å². The van der Waals surface area contributed by atoms with Crippen LogP contribution in [-0.4, -0.2) is 26.3 Å². The molecule has 0 aliphatic heterocycles. The molecule has 0 bridgehead atoms. The molecule has 0 N–H and O–H groups in total. The lowest BCUT2D eigenvalue weighted by molar-refractivity contribution is 0.495. The maximum Gasteiger partial charge on any atom is 0.252 e. The van der Waals surface area contributed by atoms with Crippen LogP contribution in [0, 0.1) is 0 Å². The fraction of sp³-hybridized carbons (Fsp3) is 0.333. The molecule has 0 aliphatic carbocycles. The van der Waals surface area contributed by atoms with E-state index in [0.717, 1.165) is 16.9 Å². The summed E-state index contributed by atoms with van der Waals surface area (Å²) in [5, 5.41) is 0.410. The van der Waals surface area contributed by atoms with E-state index in [-0.39, 0.29) is 4.21 Å². The van der Waals surface area contributed by atoms with Gasteiger partial charge in [0, 0.05) is 13.6 Å². The van der Waals surface area contributed by atoms with Crippen molar-refractivity contribution in [2.24, 2.45) is 0 Å². The average Bonchev–Trinajstić information content (AvgIpc) is 2.46. The van der Waals surface area contributed by atoms with E-state index >= 15 is 0 Å². The number of hydrogen-bond acceptors (Lipinski definition) is 3. The van der Waals surface area contributed by atoms with Gasteiger partial charge in [-0.3, -0.25) is 0 Å². The second kappa shape index (κ2) is 5.18. The molecule has 0 spiro atoms. The minimum Gasteiger partial charge on any atom is -0.206 e. The Labute approximate surface area is 113 Å². The van der Waals surface area contributed by atoms with Gasteiger partial charge in [-0.2, -0.15) is 4.31 Å². The molecule has 0 aliphatic rings. The molecular weight excluding hydrogens is 334 g/mol. The topological polar surface area (TPSA) is 37.4 Å². The highest BCUT2D eigenvalue weighted by molar-refractivity contribution is 9.11. The monoisotopic (exact) mass is 343 g/mol. The third-order valence-electron chi connectivity index (χ3n) is 1.78. The molecule has 0 radical (unpaired) electrons. The molecule has 0 aromatic carbocycles. The summed E-state index contributed by atoms with van der Waals surface area (Å²) in [6, 6.07) is 1.45. The number of nitrogens with zero attached hydrogens (tertiary/aromatic N) is 1. The molecular formula is C9H11BrClNO2S2. The molecule has 7 heteroatoms. The largest absolute Gasteiger partial charge is 0.252 e. The van der Waals surface area contributed by atoms with Gasteiger partial charge in [0.05, 0.1) is 8.81 Å². The van der Waals surface area contributed by atoms with E-state index in [2.05, 4.69) is 22.5 Å². The first-order chi connectivity index (χ1) is 7.25. The predicted octanol–water partition coefficient (Wildman–Crippen LogP) is 3.36. The van der Waals surface area contributed by atoms with Crippen molar-refractivity contribution in [1.29, 1.82) is 0 Å². The lowest BCUT2D eigenvalue weighted by Gasteiger charge is -2.15. The van der Waals surface area contributed by atoms with E-state index in [0.29, 0.717) is 15.4 Å². The summed E-state index contributed by atoms with van der Waals surface area (Å²) < 4.78 is 26.2. The van der Waals surface area contributed by atoms with Gasteiger partial charge in [-0.1, -0.05) is 23.8 Å². The van der Waals surface area contributed by atoms with Crippen LogP contribution in [-0.2, 0) is 10.0 Å². The molecule has 0 atom stereocenters. The first kappa shape index (κ1) is 14.2.